The third kappa shape index (κ3) is 6.80. The lowest BCUT2D eigenvalue weighted by molar-refractivity contribution is -0.122. The molecule has 0 radical (unpaired) electrons. The second kappa shape index (κ2) is 9.81. The molecule has 0 atom stereocenters. The zero-order chi connectivity index (χ0) is 23.3. The van der Waals surface area contributed by atoms with Crippen LogP contribution in [0.4, 0.5) is 17.1 Å². The van der Waals surface area contributed by atoms with Crippen LogP contribution in [-0.4, -0.2) is 48.2 Å². The Balaban J connectivity index is 1.71. The molecule has 0 saturated heterocycles. The van der Waals surface area contributed by atoms with Gasteiger partial charge in [0.05, 0.1) is 29.4 Å². The van der Waals surface area contributed by atoms with Gasteiger partial charge in [-0.05, 0) is 31.0 Å². The number of nitrogens with one attached hydrogen (secondary N) is 4. The predicted octanol–water partition coefficient (Wildman–Crippen LogP) is 1.52. The van der Waals surface area contributed by atoms with Gasteiger partial charge in [0.15, 0.2) is 0 Å². The lowest BCUT2D eigenvalue weighted by Crippen LogP contribution is -2.35. The SMILES string of the molecule is CC(=O)Nc1ccc(NS(C)(=O)=O)c(C(=O)Nc2cnn(CC(=O)NC3CCCC3)c2)c1. The largest absolute Gasteiger partial charge is 0.352 e. The van der Waals surface area contributed by atoms with Gasteiger partial charge >= 0.3 is 0 Å². The summed E-state index contributed by atoms with van der Waals surface area (Å²) < 4.78 is 27.0. The first kappa shape index (κ1) is 23.3. The van der Waals surface area contributed by atoms with Crippen molar-refractivity contribution >= 4 is 44.8 Å². The highest BCUT2D eigenvalue weighted by molar-refractivity contribution is 7.92. The minimum Gasteiger partial charge on any atom is -0.352 e. The lowest BCUT2D eigenvalue weighted by atomic mass is 10.1. The van der Waals surface area contributed by atoms with E-state index in [0.717, 1.165) is 31.9 Å². The van der Waals surface area contributed by atoms with E-state index in [9.17, 15) is 22.8 Å². The summed E-state index contributed by atoms with van der Waals surface area (Å²) in [5, 5.41) is 12.2. The Bertz CT molecular complexity index is 1120. The van der Waals surface area contributed by atoms with E-state index < -0.39 is 15.9 Å². The number of amides is 3. The van der Waals surface area contributed by atoms with Crippen LogP contribution < -0.4 is 20.7 Å². The molecule has 0 aliphatic heterocycles. The fourth-order valence-corrected chi connectivity index (χ4v) is 4.08. The molecule has 4 N–H and O–H groups in total. The fraction of sp³-hybridized carbons (Fsp3) is 0.400. The molecule has 32 heavy (non-hydrogen) atoms. The van der Waals surface area contributed by atoms with Crippen molar-refractivity contribution in [2.24, 2.45) is 0 Å². The molecule has 0 bridgehead atoms. The Morgan fingerprint density at radius 1 is 1.12 bits per heavy atom. The number of anilines is 3. The highest BCUT2D eigenvalue weighted by atomic mass is 32.2. The van der Waals surface area contributed by atoms with Crippen LogP contribution in [0.3, 0.4) is 0 Å². The number of carbonyl (C=O) groups excluding carboxylic acids is 3. The third-order valence-electron chi connectivity index (χ3n) is 4.80. The molecule has 11 nitrogen and oxygen atoms in total. The average Bonchev–Trinajstić information content (AvgIpc) is 3.33. The van der Waals surface area contributed by atoms with Crippen molar-refractivity contribution in [3.63, 3.8) is 0 Å². The molecule has 0 spiro atoms. The molecule has 1 fully saturated rings. The smallest absolute Gasteiger partial charge is 0.257 e. The molecule has 1 aliphatic carbocycles. The highest BCUT2D eigenvalue weighted by Crippen LogP contribution is 2.23. The minimum absolute atomic E-state index is 0.00778. The normalized spacial score (nSPS) is 14.1. The molecular formula is C20H26N6O5S. The molecule has 1 aromatic carbocycles. The van der Waals surface area contributed by atoms with Crippen molar-refractivity contribution in [3.05, 3.63) is 36.2 Å². The maximum Gasteiger partial charge on any atom is 0.257 e. The van der Waals surface area contributed by atoms with Crippen molar-refractivity contribution < 1.29 is 22.8 Å². The van der Waals surface area contributed by atoms with Gasteiger partial charge in [-0.3, -0.25) is 23.8 Å². The van der Waals surface area contributed by atoms with E-state index in [1.807, 2.05) is 0 Å². The van der Waals surface area contributed by atoms with E-state index in [-0.39, 0.29) is 35.7 Å². The van der Waals surface area contributed by atoms with Crippen LogP contribution in [0.15, 0.2) is 30.6 Å². The van der Waals surface area contributed by atoms with Gasteiger partial charge < -0.3 is 16.0 Å². The van der Waals surface area contributed by atoms with E-state index in [4.69, 9.17) is 0 Å². The Labute approximate surface area is 186 Å². The number of hydrogen-bond acceptors (Lipinski definition) is 6. The van der Waals surface area contributed by atoms with Gasteiger partial charge in [0.2, 0.25) is 21.8 Å². The Morgan fingerprint density at radius 3 is 2.50 bits per heavy atom. The summed E-state index contributed by atoms with van der Waals surface area (Å²) in [6, 6.07) is 4.43. The van der Waals surface area contributed by atoms with E-state index in [1.54, 1.807) is 0 Å². The van der Waals surface area contributed by atoms with E-state index in [2.05, 4.69) is 25.8 Å². The first-order chi connectivity index (χ1) is 15.1. The molecule has 1 heterocycles. The first-order valence-corrected chi connectivity index (χ1v) is 12.0. The van der Waals surface area contributed by atoms with Crippen molar-refractivity contribution in [3.8, 4) is 0 Å². The second-order valence-electron chi connectivity index (χ2n) is 7.75. The quantitative estimate of drug-likeness (QED) is 0.467. The van der Waals surface area contributed by atoms with Crippen LogP contribution in [0.2, 0.25) is 0 Å². The first-order valence-electron chi connectivity index (χ1n) is 10.1. The molecule has 172 valence electrons. The Morgan fingerprint density at radius 2 is 1.84 bits per heavy atom. The predicted molar refractivity (Wildman–Crippen MR) is 120 cm³/mol. The van der Waals surface area contributed by atoms with Crippen molar-refractivity contribution in [2.45, 2.75) is 45.2 Å². The molecule has 1 aromatic heterocycles. The summed E-state index contributed by atoms with van der Waals surface area (Å²) in [7, 11) is -3.64. The second-order valence-corrected chi connectivity index (χ2v) is 9.49. The Kier molecular flexibility index (Phi) is 7.13. The fourth-order valence-electron chi connectivity index (χ4n) is 3.51. The third-order valence-corrected chi connectivity index (χ3v) is 5.39. The van der Waals surface area contributed by atoms with Gasteiger partial charge in [-0.1, -0.05) is 12.8 Å². The van der Waals surface area contributed by atoms with Crippen LogP contribution in [0.1, 0.15) is 43.0 Å². The van der Waals surface area contributed by atoms with Gasteiger partial charge in [0.1, 0.15) is 6.54 Å². The standard InChI is InChI=1S/C20H26N6O5S/c1-13(27)22-15-7-8-18(25-32(2,30)31)17(9-15)20(29)24-16-10-21-26(11-16)12-19(28)23-14-5-3-4-6-14/h7-11,14,25H,3-6,12H2,1-2H3,(H,22,27)(H,23,28)(H,24,29). The monoisotopic (exact) mass is 462 g/mol. The molecule has 2 aromatic rings. The van der Waals surface area contributed by atoms with Crippen LogP contribution in [0.25, 0.3) is 0 Å². The summed E-state index contributed by atoms with van der Waals surface area (Å²) in [6.07, 6.45) is 8.05. The number of sulfonamides is 1. The van der Waals surface area contributed by atoms with E-state index >= 15 is 0 Å². The van der Waals surface area contributed by atoms with Crippen molar-refractivity contribution in [1.29, 1.82) is 0 Å². The van der Waals surface area contributed by atoms with Crippen molar-refractivity contribution in [1.82, 2.24) is 15.1 Å². The Hall–Kier alpha value is -3.41. The summed E-state index contributed by atoms with van der Waals surface area (Å²) >= 11 is 0. The zero-order valence-corrected chi connectivity index (χ0v) is 18.7. The van der Waals surface area contributed by atoms with Gasteiger partial charge in [-0.25, -0.2) is 8.42 Å². The van der Waals surface area contributed by atoms with Crippen LogP contribution in [0.5, 0.6) is 0 Å². The molecule has 1 aliphatic rings. The average molecular weight is 463 g/mol. The number of hydrogen-bond donors (Lipinski definition) is 4. The van der Waals surface area contributed by atoms with Crippen LogP contribution in [0, 0.1) is 0 Å². The molecule has 12 heteroatoms. The summed E-state index contributed by atoms with van der Waals surface area (Å²) in [6.45, 7) is 1.34. The number of nitrogens with zero attached hydrogens (tertiary/aromatic N) is 2. The minimum atomic E-state index is -3.64. The summed E-state index contributed by atoms with van der Waals surface area (Å²) in [4.78, 5) is 36.3. The highest BCUT2D eigenvalue weighted by Gasteiger charge is 2.19. The number of aromatic nitrogens is 2. The molecular weight excluding hydrogens is 436 g/mol. The molecule has 3 amide bonds. The summed E-state index contributed by atoms with van der Waals surface area (Å²) in [5.74, 6) is -1.10. The molecule has 1 saturated carbocycles. The van der Waals surface area contributed by atoms with Gasteiger partial charge in [0.25, 0.3) is 5.91 Å². The van der Waals surface area contributed by atoms with Crippen LogP contribution in [-0.2, 0) is 26.2 Å². The molecule has 3 rings (SSSR count). The molecule has 0 unspecified atom stereocenters. The maximum atomic E-state index is 12.8. The van der Waals surface area contributed by atoms with Gasteiger partial charge in [-0.2, -0.15) is 5.10 Å². The van der Waals surface area contributed by atoms with Crippen molar-refractivity contribution in [2.75, 3.05) is 21.6 Å². The van der Waals surface area contributed by atoms with Gasteiger partial charge in [-0.15, -0.1) is 0 Å². The van der Waals surface area contributed by atoms with E-state index in [0.29, 0.717) is 11.4 Å². The number of carbonyl (C=O) groups is 3. The maximum absolute atomic E-state index is 12.8. The van der Waals surface area contributed by atoms with Crippen LogP contribution >= 0.6 is 0 Å². The number of rotatable bonds is 8. The van der Waals surface area contributed by atoms with Gasteiger partial charge in [0, 0.05) is 24.8 Å². The topological polar surface area (TPSA) is 151 Å². The lowest BCUT2D eigenvalue weighted by Gasteiger charge is -2.13. The summed E-state index contributed by atoms with van der Waals surface area (Å²) in [5.41, 5.74) is 0.732. The zero-order valence-electron chi connectivity index (χ0n) is 17.8. The van der Waals surface area contributed by atoms with E-state index in [1.165, 1.54) is 42.2 Å². The number of benzene rings is 1.